The number of nitriles is 1. The minimum Gasteiger partial charge on any atom is -0.444 e. The molecule has 4 aliphatic heterocycles. The molecule has 4 saturated heterocycles. The fourth-order valence-corrected chi connectivity index (χ4v) is 11.3. The maximum Gasteiger partial charge on any atom is 0.410 e. The molecular formula is C43H42Cl2FN5O4. The Morgan fingerprint density at radius 1 is 1.11 bits per heavy atom. The van der Waals surface area contributed by atoms with Gasteiger partial charge in [-0.1, -0.05) is 49.2 Å². The monoisotopic (exact) mass is 781 g/mol. The molecule has 0 radical (unpaired) electrons. The number of amides is 2. The average Bonchev–Trinajstić information content (AvgIpc) is 3.80. The molecule has 9 nitrogen and oxygen atoms in total. The first-order valence-corrected chi connectivity index (χ1v) is 20.1. The molecule has 4 saturated carbocycles. The number of piperidine rings is 1. The number of ether oxygens (including phenoxy) is 1. The second kappa shape index (κ2) is 11.2. The first kappa shape index (κ1) is 35.2. The van der Waals surface area contributed by atoms with Crippen molar-refractivity contribution in [3.05, 3.63) is 63.1 Å². The second-order valence-electron chi connectivity index (χ2n) is 18.4. The van der Waals surface area contributed by atoms with Crippen molar-refractivity contribution in [3.8, 4) is 17.2 Å². The molecule has 2 aromatic carbocycles. The van der Waals surface area contributed by atoms with Gasteiger partial charge in [-0.15, -0.1) is 0 Å². The Morgan fingerprint density at radius 2 is 1.84 bits per heavy atom. The molecule has 4 bridgehead atoms. The number of ketones is 1. The van der Waals surface area contributed by atoms with Crippen LogP contribution in [0, 0.1) is 45.7 Å². The van der Waals surface area contributed by atoms with Gasteiger partial charge in [0.2, 0.25) is 5.91 Å². The Labute approximate surface area is 328 Å². The van der Waals surface area contributed by atoms with Crippen molar-refractivity contribution < 1.29 is 23.5 Å². The summed E-state index contributed by atoms with van der Waals surface area (Å²) in [6.07, 6.45) is 2.50. The van der Waals surface area contributed by atoms with Crippen LogP contribution in [-0.2, 0) is 16.0 Å². The minimum atomic E-state index is -0.674. The lowest BCUT2D eigenvalue weighted by molar-refractivity contribution is -0.138. The van der Waals surface area contributed by atoms with Crippen molar-refractivity contribution >= 4 is 62.8 Å². The quantitative estimate of drug-likeness (QED) is 0.173. The number of hydrogen-bond donors (Lipinski definition) is 0. The number of hydrogen-bond acceptors (Lipinski definition) is 6. The number of aryl methyl sites for hydroxylation is 1. The third kappa shape index (κ3) is 4.69. The van der Waals surface area contributed by atoms with E-state index in [2.05, 4.69) is 29.4 Å². The largest absolute Gasteiger partial charge is 0.444 e. The zero-order valence-corrected chi connectivity index (χ0v) is 33.2. The van der Waals surface area contributed by atoms with Gasteiger partial charge < -0.3 is 19.1 Å². The number of carbonyl (C=O) groups excluding carboxylic acids is 3. The van der Waals surface area contributed by atoms with Gasteiger partial charge in [0.15, 0.2) is 11.6 Å². The molecule has 8 fully saturated rings. The maximum atomic E-state index is 17.5. The Kier molecular flexibility index (Phi) is 7.19. The van der Waals surface area contributed by atoms with E-state index in [0.29, 0.717) is 39.9 Å². The van der Waals surface area contributed by atoms with E-state index in [0.717, 1.165) is 25.0 Å². The molecule has 284 valence electrons. The molecule has 55 heavy (non-hydrogen) atoms. The van der Waals surface area contributed by atoms with E-state index >= 15 is 4.39 Å². The highest BCUT2D eigenvalue weighted by Gasteiger charge is 2.94. The van der Waals surface area contributed by atoms with Gasteiger partial charge in [-0.05, 0) is 87.5 Å². The summed E-state index contributed by atoms with van der Waals surface area (Å²) >= 11 is 13.1. The second-order valence-corrected chi connectivity index (χ2v) is 19.2. The fourth-order valence-electron chi connectivity index (χ4n) is 10.9. The Morgan fingerprint density at radius 3 is 2.49 bits per heavy atom. The number of benzene rings is 2. The van der Waals surface area contributed by atoms with Crippen molar-refractivity contribution in [2.75, 3.05) is 6.54 Å². The molecular weight excluding hydrogens is 740 g/mol. The third-order valence-electron chi connectivity index (χ3n) is 13.9. The van der Waals surface area contributed by atoms with E-state index in [1.807, 2.05) is 37.8 Å². The summed E-state index contributed by atoms with van der Waals surface area (Å²) in [4.78, 5) is 50.4. The predicted octanol–water partition coefficient (Wildman–Crippen LogP) is 9.46. The van der Waals surface area contributed by atoms with Gasteiger partial charge in [-0.3, -0.25) is 9.59 Å². The van der Waals surface area contributed by atoms with Gasteiger partial charge >= 0.3 is 6.09 Å². The van der Waals surface area contributed by atoms with E-state index in [9.17, 15) is 19.6 Å². The summed E-state index contributed by atoms with van der Waals surface area (Å²) in [6.45, 7) is 11.8. The molecule has 4 aromatic rings. The van der Waals surface area contributed by atoms with Crippen molar-refractivity contribution in [2.24, 2.45) is 28.6 Å². The lowest BCUT2D eigenvalue weighted by atomic mass is 9.79. The summed E-state index contributed by atoms with van der Waals surface area (Å²) in [7, 11) is 0. The molecule has 12 heteroatoms. The average molecular weight is 783 g/mol. The SMILES string of the molecule is CC(=O)c1nc2c(F)c(-c3cccc(Cl)c3Cl)c(CCC#N)cc2c2c1cc([C@H]1C3[C@@H]4[C@H](N1C(=O)C1(C)CC1)[C@]34C)n2[C@H]1[C@@H]2C[C@H]1N(C(=O)OC(C)(C)C)C2. The number of pyridine rings is 1. The summed E-state index contributed by atoms with van der Waals surface area (Å²) in [5.74, 6) is -0.0151. The molecule has 0 N–H and O–H groups in total. The Balaban J connectivity index is 1.25. The van der Waals surface area contributed by atoms with Crippen molar-refractivity contribution in [1.82, 2.24) is 19.4 Å². The van der Waals surface area contributed by atoms with E-state index < -0.39 is 11.4 Å². The Hall–Kier alpha value is -4.20. The van der Waals surface area contributed by atoms with E-state index in [1.54, 1.807) is 18.2 Å². The topological polar surface area (TPSA) is 109 Å². The van der Waals surface area contributed by atoms with Crippen LogP contribution in [0.25, 0.3) is 32.9 Å². The molecule has 0 spiro atoms. The number of halogens is 3. The van der Waals surface area contributed by atoms with Gasteiger partial charge in [0.25, 0.3) is 0 Å². The molecule has 4 aliphatic carbocycles. The molecule has 6 heterocycles. The van der Waals surface area contributed by atoms with Crippen LogP contribution in [0.1, 0.15) is 101 Å². The normalized spacial score (nSPS) is 30.3. The number of nitrogens with zero attached hydrogens (tertiary/aromatic N) is 5. The highest BCUT2D eigenvalue weighted by atomic mass is 35.5. The molecule has 2 aromatic heterocycles. The van der Waals surface area contributed by atoms with Crippen LogP contribution in [0.4, 0.5) is 9.18 Å². The summed E-state index contributed by atoms with van der Waals surface area (Å²) in [6, 6.07) is 10.7. The van der Waals surface area contributed by atoms with Crippen LogP contribution in [0.5, 0.6) is 0 Å². The molecule has 8 atom stereocenters. The number of fused-ring (bicyclic) bond motifs is 5. The van der Waals surface area contributed by atoms with Gasteiger partial charge in [0, 0.05) is 64.9 Å². The zero-order chi connectivity index (χ0) is 38.8. The fraction of sp³-hybridized carbons (Fsp3) is 0.512. The van der Waals surface area contributed by atoms with Crippen molar-refractivity contribution in [3.63, 3.8) is 0 Å². The van der Waals surface area contributed by atoms with Gasteiger partial charge in [-0.25, -0.2) is 14.2 Å². The lowest BCUT2D eigenvalue weighted by Crippen LogP contribution is -2.45. The highest BCUT2D eigenvalue weighted by molar-refractivity contribution is 6.43. The minimum absolute atomic E-state index is 0.0118. The first-order chi connectivity index (χ1) is 26.0. The molecule has 8 aliphatic rings. The van der Waals surface area contributed by atoms with Gasteiger partial charge in [0.05, 0.1) is 39.8 Å². The van der Waals surface area contributed by atoms with E-state index in [4.69, 9.17) is 32.9 Å². The van der Waals surface area contributed by atoms with Crippen LogP contribution in [0.15, 0.2) is 30.3 Å². The number of aromatic nitrogens is 2. The number of rotatable bonds is 7. The molecule has 12 rings (SSSR count). The smallest absolute Gasteiger partial charge is 0.410 e. The Bertz CT molecular complexity index is 2500. The molecule has 2 amide bonds. The van der Waals surface area contributed by atoms with E-state index in [1.165, 1.54) is 6.92 Å². The standard InChI is InChI=1S/C43H42Cl2FN5O4/c1-19(52)33-24-17-27(37-29-30-38(43(29,30)6)51(37)39(53)42(5)12-13-42)50(35-21-16-26(35)49(18-21)40(54)55-41(2,3)4)36(24)23-15-20(9-8-14-47)28(32(46)34(23)48-33)22-10-7-11-25(44)31(22)45/h7,10-11,15,17,21,26,29-30,35,37-38H,8-9,12-13,16,18H2,1-6H3/t21-,26-,29?,30-,35+,37+,38+,43-/m1/s1. The van der Waals surface area contributed by atoms with Crippen LogP contribution < -0.4 is 0 Å². The summed E-state index contributed by atoms with van der Waals surface area (Å²) in [5.41, 5.74) is 1.86. The van der Waals surface area contributed by atoms with Crippen LogP contribution in [0.2, 0.25) is 10.0 Å². The van der Waals surface area contributed by atoms with Crippen LogP contribution >= 0.6 is 23.2 Å². The lowest BCUT2D eigenvalue weighted by Gasteiger charge is -2.40. The summed E-state index contributed by atoms with van der Waals surface area (Å²) in [5, 5.41) is 11.2. The first-order valence-electron chi connectivity index (χ1n) is 19.4. The molecule has 1 unspecified atom stereocenters. The van der Waals surface area contributed by atoms with Gasteiger partial charge in [0.1, 0.15) is 16.8 Å². The number of carbonyl (C=O) groups is 3. The van der Waals surface area contributed by atoms with Crippen LogP contribution in [-0.4, -0.2) is 61.4 Å². The van der Waals surface area contributed by atoms with Crippen molar-refractivity contribution in [2.45, 2.75) is 103 Å². The van der Waals surface area contributed by atoms with Crippen molar-refractivity contribution in [1.29, 1.82) is 5.26 Å². The van der Waals surface area contributed by atoms with Gasteiger partial charge in [-0.2, -0.15) is 5.26 Å². The predicted molar refractivity (Wildman–Crippen MR) is 206 cm³/mol. The van der Waals surface area contributed by atoms with E-state index in [-0.39, 0.29) is 104 Å². The third-order valence-corrected chi connectivity index (χ3v) is 14.8. The maximum absolute atomic E-state index is 17.5. The zero-order valence-electron chi connectivity index (χ0n) is 31.7. The highest BCUT2D eigenvalue weighted by Crippen LogP contribution is 2.91. The summed E-state index contributed by atoms with van der Waals surface area (Å²) < 4.78 is 25.6. The number of Topliss-reactive ketones (excluding diaryl/α,β-unsaturated/α-hetero) is 1. The van der Waals surface area contributed by atoms with Crippen LogP contribution in [0.3, 0.4) is 0 Å².